The van der Waals surface area contributed by atoms with Gasteiger partial charge in [-0.3, -0.25) is 9.51 Å². The summed E-state index contributed by atoms with van der Waals surface area (Å²) >= 11 is 6.34. The molecule has 0 aliphatic carbocycles. The maximum Gasteiger partial charge on any atom is 0.469 e. The smallest absolute Gasteiger partial charge is 0.469 e. The van der Waals surface area contributed by atoms with Crippen LogP contribution in [0.2, 0.25) is 0 Å². The third kappa shape index (κ3) is 5.95. The number of rotatable bonds is 6. The molecule has 7 N–H and O–H groups in total. The second-order valence-electron chi connectivity index (χ2n) is 7.05. The van der Waals surface area contributed by atoms with Crippen molar-refractivity contribution in [1.29, 1.82) is 0 Å². The normalized spacial score (nSPS) is 11.5. The molecule has 0 atom stereocenters. The van der Waals surface area contributed by atoms with Gasteiger partial charge in [0.15, 0.2) is 0 Å². The fraction of sp³-hybridized carbons (Fsp3) is 0.150. The Morgan fingerprint density at radius 1 is 0.912 bits per heavy atom. The van der Waals surface area contributed by atoms with Gasteiger partial charge in [-0.05, 0) is 50.9 Å². The molecule has 0 fully saturated rings. The molecule has 3 rings (SSSR count). The van der Waals surface area contributed by atoms with Gasteiger partial charge >= 0.3 is 7.82 Å². The van der Waals surface area contributed by atoms with Crippen molar-refractivity contribution in [2.45, 2.75) is 19.4 Å². The lowest BCUT2D eigenvalue weighted by Gasteiger charge is -2.25. The average Bonchev–Trinajstić information content (AvgIpc) is 2.71. The van der Waals surface area contributed by atoms with Crippen LogP contribution < -0.4 is 0 Å². The number of benzene rings is 2. The van der Waals surface area contributed by atoms with Crippen molar-refractivity contribution >= 4 is 52.1 Å². The maximum atomic E-state index is 11.3. The summed E-state index contributed by atoms with van der Waals surface area (Å²) in [4.78, 5) is 22.3. The molecule has 1 heterocycles. The number of halogens is 3. The number of hydrogen-bond acceptors (Lipinski definition) is 8. The maximum absolute atomic E-state index is 11.3. The molecule has 2 aromatic carbocycles. The highest BCUT2D eigenvalue weighted by atomic mass is 79.9. The number of aromatic hydroxyl groups is 5. The van der Waals surface area contributed by atoms with E-state index in [4.69, 9.17) is 9.79 Å². The molecule has 0 saturated heterocycles. The molecule has 0 bridgehead atoms. The number of aromatic nitrogens is 1. The minimum atomic E-state index is -4.89. The van der Waals surface area contributed by atoms with Crippen molar-refractivity contribution < 1.29 is 44.4 Å². The lowest BCUT2D eigenvalue weighted by atomic mass is 9.81. The Bertz CT molecular complexity index is 1230. The lowest BCUT2D eigenvalue weighted by Crippen LogP contribution is -2.10. The summed E-state index contributed by atoms with van der Waals surface area (Å²) in [6.07, 6.45) is 1.24. The van der Waals surface area contributed by atoms with Crippen LogP contribution in [0, 0.1) is 6.92 Å². The van der Waals surface area contributed by atoms with Gasteiger partial charge in [-0.25, -0.2) is 4.57 Å². The van der Waals surface area contributed by atoms with Crippen LogP contribution in [0.15, 0.2) is 39.4 Å². The zero-order valence-electron chi connectivity index (χ0n) is 17.2. The molecule has 3 aromatic rings. The summed E-state index contributed by atoms with van der Waals surface area (Å²) in [6.45, 7) is 0.833. The van der Waals surface area contributed by atoms with Crippen LogP contribution in [0.4, 0.5) is 0 Å². The second-order valence-corrected chi connectivity index (χ2v) is 10.0. The zero-order chi connectivity index (χ0) is 24.7. The minimum absolute atomic E-state index is 0. The summed E-state index contributed by atoms with van der Waals surface area (Å²) in [5.41, 5.74) is 0.441. The molecule has 0 radical (unpaired) electrons. The van der Waals surface area contributed by atoms with Crippen molar-refractivity contribution in [2.24, 2.45) is 0 Å². The fourth-order valence-electron chi connectivity index (χ4n) is 3.32. The predicted molar refractivity (Wildman–Crippen MR) is 131 cm³/mol. The van der Waals surface area contributed by atoms with E-state index in [0.717, 1.165) is 12.1 Å². The number of phenolic OH excluding ortho intramolecular Hbond substituents is 4. The van der Waals surface area contributed by atoms with Gasteiger partial charge in [0, 0.05) is 46.5 Å². The number of phosphoric ester groups is 1. The van der Waals surface area contributed by atoms with Crippen LogP contribution in [-0.4, -0.2) is 40.3 Å². The molecular formula is C20H19Br2ClNO9P. The molecule has 0 aliphatic heterocycles. The standard InChI is InChI=1S/C20H18Br2NO9P.ClH/c1-8-20(28)18(9(6-23-8)7-32-33(29,30)31)19(10-2-12(21)16(26)4-14(10)24)11-3-13(22)17(27)5-15(11)25;/h2-6,19,24-28H,7H2,1H3,(H2,29,30,31);1H. The monoisotopic (exact) mass is 641 g/mol. The Morgan fingerprint density at radius 3 is 1.82 bits per heavy atom. The van der Waals surface area contributed by atoms with E-state index >= 15 is 0 Å². The lowest BCUT2D eigenvalue weighted by molar-refractivity contribution is 0.188. The summed E-state index contributed by atoms with van der Waals surface area (Å²) in [7, 11) is -4.89. The molecule has 0 amide bonds. The molecule has 14 heteroatoms. The van der Waals surface area contributed by atoms with E-state index in [9.17, 15) is 30.1 Å². The van der Waals surface area contributed by atoms with Crippen molar-refractivity contribution in [2.75, 3.05) is 0 Å². The zero-order valence-corrected chi connectivity index (χ0v) is 22.1. The van der Waals surface area contributed by atoms with Crippen LogP contribution in [0.25, 0.3) is 0 Å². The average molecular weight is 644 g/mol. The quantitative estimate of drug-likeness (QED) is 0.187. The Labute approximate surface area is 216 Å². The Hall–Kier alpha value is -2.05. The fourth-order valence-corrected chi connectivity index (χ4v) is 4.35. The topological polar surface area (TPSA) is 181 Å². The van der Waals surface area contributed by atoms with Gasteiger partial charge < -0.3 is 35.3 Å². The van der Waals surface area contributed by atoms with Crippen LogP contribution in [0.5, 0.6) is 28.7 Å². The van der Waals surface area contributed by atoms with Crippen molar-refractivity contribution in [3.8, 4) is 28.7 Å². The van der Waals surface area contributed by atoms with Crippen LogP contribution in [0.1, 0.15) is 33.9 Å². The molecule has 10 nitrogen and oxygen atoms in total. The van der Waals surface area contributed by atoms with E-state index in [1.54, 1.807) is 0 Å². The molecule has 184 valence electrons. The number of pyridine rings is 1. The number of phosphoric acid groups is 1. The van der Waals surface area contributed by atoms with Crippen molar-refractivity contribution in [1.82, 2.24) is 4.98 Å². The van der Waals surface area contributed by atoms with E-state index in [1.807, 2.05) is 0 Å². The molecule has 0 saturated carbocycles. The summed E-state index contributed by atoms with van der Waals surface area (Å²) in [5, 5.41) is 52.1. The highest BCUT2D eigenvalue weighted by molar-refractivity contribution is 9.10. The van der Waals surface area contributed by atoms with Crippen LogP contribution in [0.3, 0.4) is 0 Å². The predicted octanol–water partition coefficient (Wildman–Crippen LogP) is 4.65. The highest BCUT2D eigenvalue weighted by Gasteiger charge is 2.31. The molecule has 0 unspecified atom stereocenters. The van der Waals surface area contributed by atoms with Gasteiger partial charge in [-0.2, -0.15) is 0 Å². The van der Waals surface area contributed by atoms with Gasteiger partial charge in [-0.1, -0.05) is 0 Å². The first-order valence-corrected chi connectivity index (χ1v) is 12.2. The Morgan fingerprint density at radius 2 is 1.38 bits per heavy atom. The molecule has 34 heavy (non-hydrogen) atoms. The summed E-state index contributed by atoms with van der Waals surface area (Å²) < 4.78 is 16.3. The largest absolute Gasteiger partial charge is 0.507 e. The van der Waals surface area contributed by atoms with E-state index in [1.165, 1.54) is 25.3 Å². The molecule has 1 aromatic heterocycles. The summed E-state index contributed by atoms with van der Waals surface area (Å²) in [5.74, 6) is -2.88. The van der Waals surface area contributed by atoms with Gasteiger partial charge in [0.25, 0.3) is 0 Å². The number of nitrogens with zero attached hydrogens (tertiary/aromatic N) is 1. The van der Waals surface area contributed by atoms with E-state index in [2.05, 4.69) is 41.4 Å². The number of phenols is 4. The van der Waals surface area contributed by atoms with Crippen LogP contribution >= 0.6 is 52.1 Å². The Balaban J connectivity index is 0.00000408. The molecule has 0 aliphatic rings. The molecule has 0 spiro atoms. The highest BCUT2D eigenvalue weighted by Crippen LogP contribution is 2.49. The van der Waals surface area contributed by atoms with E-state index in [0.29, 0.717) is 0 Å². The van der Waals surface area contributed by atoms with Gasteiger partial charge in [-0.15, -0.1) is 12.4 Å². The first-order valence-electron chi connectivity index (χ1n) is 9.10. The van der Waals surface area contributed by atoms with Gasteiger partial charge in [0.05, 0.1) is 21.2 Å². The second kappa shape index (κ2) is 10.7. The van der Waals surface area contributed by atoms with Crippen LogP contribution in [-0.2, 0) is 15.7 Å². The summed E-state index contributed by atoms with van der Waals surface area (Å²) in [6, 6.07) is 4.82. The number of hydrogen-bond donors (Lipinski definition) is 7. The number of aryl methyl sites for hydroxylation is 1. The first-order chi connectivity index (χ1) is 15.3. The Kier molecular flexibility index (Phi) is 8.87. The van der Waals surface area contributed by atoms with E-state index < -0.39 is 31.8 Å². The minimum Gasteiger partial charge on any atom is -0.507 e. The third-order valence-electron chi connectivity index (χ3n) is 4.85. The molecular weight excluding hydrogens is 624 g/mol. The van der Waals surface area contributed by atoms with Gasteiger partial charge in [0.1, 0.15) is 28.7 Å². The third-order valence-corrected chi connectivity index (χ3v) is 6.58. The SMILES string of the molecule is Cc1ncc(COP(=O)(O)O)c(C(c2cc(Br)c(O)cc2O)c2cc(Br)c(O)cc2O)c1O.Cl. The van der Waals surface area contributed by atoms with Crippen molar-refractivity contribution in [3.05, 3.63) is 67.4 Å². The first kappa shape index (κ1) is 28.2. The van der Waals surface area contributed by atoms with Gasteiger partial charge in [0.2, 0.25) is 0 Å². The van der Waals surface area contributed by atoms with E-state index in [-0.39, 0.29) is 66.5 Å². The van der Waals surface area contributed by atoms with Crippen molar-refractivity contribution in [3.63, 3.8) is 0 Å².